The second kappa shape index (κ2) is 12.4. The maximum Gasteiger partial charge on any atom is 0.236 e. The second-order valence-electron chi connectivity index (χ2n) is 6.25. The van der Waals surface area contributed by atoms with Crippen LogP contribution in [0.2, 0.25) is 0 Å². The summed E-state index contributed by atoms with van der Waals surface area (Å²) in [5.41, 5.74) is 19.6. The molecule has 0 aliphatic rings. The Labute approximate surface area is 166 Å². The molecule has 6 nitrogen and oxygen atoms in total. The molecule has 0 fully saturated rings. The van der Waals surface area contributed by atoms with Crippen LogP contribution >= 0.6 is 0 Å². The number of carbonyl (C=O) groups excluding carboxylic acids is 2. The average molecular weight is 380 g/mol. The van der Waals surface area contributed by atoms with Gasteiger partial charge in [0.25, 0.3) is 0 Å². The van der Waals surface area contributed by atoms with Gasteiger partial charge in [0.15, 0.2) is 0 Å². The van der Waals surface area contributed by atoms with E-state index >= 15 is 0 Å². The molecule has 0 saturated carbocycles. The van der Waals surface area contributed by atoms with Crippen LogP contribution in [0.15, 0.2) is 48.5 Å². The van der Waals surface area contributed by atoms with Gasteiger partial charge in [0, 0.05) is 22.7 Å². The predicted molar refractivity (Wildman–Crippen MR) is 113 cm³/mol. The summed E-state index contributed by atoms with van der Waals surface area (Å²) < 4.78 is 0. The maximum absolute atomic E-state index is 10.5. The molecule has 0 saturated heterocycles. The molecule has 2 aromatic carbocycles. The Bertz CT molecular complexity index is 803. The van der Waals surface area contributed by atoms with Gasteiger partial charge in [-0.1, -0.05) is 36.1 Å². The summed E-state index contributed by atoms with van der Waals surface area (Å²) >= 11 is 0. The van der Waals surface area contributed by atoms with Crippen LogP contribution in [0, 0.1) is 11.8 Å². The summed E-state index contributed by atoms with van der Waals surface area (Å²) in [6.07, 6.45) is 1.72. The van der Waals surface area contributed by atoms with Crippen LogP contribution < -0.4 is 22.5 Å². The number of likely N-dealkylation sites (N-methyl/N-ethyl adjacent to an activating group) is 1. The summed E-state index contributed by atoms with van der Waals surface area (Å²) in [6.45, 7) is 2.39. The highest BCUT2D eigenvalue weighted by Crippen LogP contribution is 2.05. The van der Waals surface area contributed by atoms with Crippen LogP contribution in [0.5, 0.6) is 0 Å². The normalized spacial score (nSPS) is 11.9. The fraction of sp³-hybridized carbons (Fsp3) is 0.273. The van der Waals surface area contributed by atoms with Gasteiger partial charge in [-0.2, -0.15) is 0 Å². The quantitative estimate of drug-likeness (QED) is 0.436. The van der Waals surface area contributed by atoms with Gasteiger partial charge >= 0.3 is 0 Å². The van der Waals surface area contributed by atoms with Gasteiger partial charge in [0.05, 0.1) is 0 Å². The van der Waals surface area contributed by atoms with E-state index < -0.39 is 11.9 Å². The lowest BCUT2D eigenvalue weighted by atomic mass is 10.1. The Morgan fingerprint density at radius 2 is 1.57 bits per heavy atom. The van der Waals surface area contributed by atoms with Gasteiger partial charge in [0.1, 0.15) is 12.3 Å². The first-order valence-corrected chi connectivity index (χ1v) is 8.99. The Morgan fingerprint density at radius 3 is 1.89 bits per heavy atom. The lowest BCUT2D eigenvalue weighted by Gasteiger charge is -2.14. The Kier molecular flexibility index (Phi) is 10.2. The highest BCUT2D eigenvalue weighted by molar-refractivity contribution is 5.80. The number of rotatable bonds is 6. The molecule has 0 aromatic heterocycles. The molecule has 1 amide bonds. The number of nitrogens with two attached hydrogens (primary N) is 3. The van der Waals surface area contributed by atoms with Gasteiger partial charge in [-0.3, -0.25) is 9.59 Å². The highest BCUT2D eigenvalue weighted by Gasteiger charge is 2.16. The van der Waals surface area contributed by atoms with Crippen molar-refractivity contribution in [3.8, 4) is 11.8 Å². The molecule has 6 heteroatoms. The molecule has 0 bridgehead atoms. The minimum Gasteiger partial charge on any atom is -0.368 e. The van der Waals surface area contributed by atoms with Crippen LogP contribution in [-0.4, -0.2) is 37.9 Å². The minimum absolute atomic E-state index is 0.229. The molecule has 2 unspecified atom stereocenters. The van der Waals surface area contributed by atoms with E-state index in [0.29, 0.717) is 12.1 Å². The van der Waals surface area contributed by atoms with Crippen LogP contribution in [0.3, 0.4) is 0 Å². The largest absolute Gasteiger partial charge is 0.368 e. The highest BCUT2D eigenvalue weighted by atomic mass is 16.1. The first-order valence-electron chi connectivity index (χ1n) is 8.99. The van der Waals surface area contributed by atoms with Crippen molar-refractivity contribution >= 4 is 12.2 Å². The van der Waals surface area contributed by atoms with Gasteiger partial charge in [-0.25, -0.2) is 0 Å². The standard InChI is InChI=1S/C17H15NO.C5H13N3O/c18-12-11-16-5-3-14(4-6-16)1-2-15-7-9-17(13-19)10-8-15;1-3(6)4(8-2)5(7)9/h3-10,13H,11-12,18H2;3-4,8H,6H2,1-2H3,(H2,7,9). The summed E-state index contributed by atoms with van der Waals surface area (Å²) in [5.74, 6) is 5.76. The predicted octanol–water partition coefficient (Wildman–Crippen LogP) is 0.807. The molecule has 0 aliphatic carbocycles. The molecule has 148 valence electrons. The fourth-order valence-electron chi connectivity index (χ4n) is 2.38. The smallest absolute Gasteiger partial charge is 0.236 e. The zero-order valence-corrected chi connectivity index (χ0v) is 16.3. The maximum atomic E-state index is 10.5. The Hall–Kier alpha value is -2.98. The number of benzene rings is 2. The van der Waals surface area contributed by atoms with Crippen molar-refractivity contribution in [1.82, 2.24) is 5.32 Å². The zero-order chi connectivity index (χ0) is 20.9. The molecule has 2 atom stereocenters. The van der Waals surface area contributed by atoms with Crippen molar-refractivity contribution in [2.75, 3.05) is 13.6 Å². The SMILES string of the molecule is CNC(C(N)=O)C(C)N.NCCc1ccc(C#Cc2ccc(C=O)cc2)cc1. The third kappa shape index (κ3) is 8.14. The number of hydrogen-bond acceptors (Lipinski definition) is 5. The van der Waals surface area contributed by atoms with E-state index in [1.807, 2.05) is 36.4 Å². The molecule has 2 aromatic rings. The third-order valence-corrected chi connectivity index (χ3v) is 3.93. The fourth-order valence-corrected chi connectivity index (χ4v) is 2.38. The molecule has 28 heavy (non-hydrogen) atoms. The van der Waals surface area contributed by atoms with E-state index in [1.54, 1.807) is 26.1 Å². The molecule has 0 spiro atoms. The first kappa shape index (κ1) is 23.1. The molecular weight excluding hydrogens is 352 g/mol. The number of primary amides is 1. The molecule has 2 rings (SSSR count). The van der Waals surface area contributed by atoms with Gasteiger partial charge in [-0.05, 0) is 56.8 Å². The number of hydrogen-bond donors (Lipinski definition) is 4. The van der Waals surface area contributed by atoms with Gasteiger partial charge < -0.3 is 22.5 Å². The number of amides is 1. The minimum atomic E-state index is -0.412. The average Bonchev–Trinajstić information content (AvgIpc) is 2.68. The molecule has 0 heterocycles. The van der Waals surface area contributed by atoms with E-state index in [9.17, 15) is 9.59 Å². The summed E-state index contributed by atoms with van der Waals surface area (Å²) in [5, 5.41) is 2.70. The van der Waals surface area contributed by atoms with E-state index in [-0.39, 0.29) is 6.04 Å². The summed E-state index contributed by atoms with van der Waals surface area (Å²) in [7, 11) is 1.65. The van der Waals surface area contributed by atoms with Gasteiger partial charge in [-0.15, -0.1) is 0 Å². The Balaban J connectivity index is 0.000000370. The van der Waals surface area contributed by atoms with Crippen molar-refractivity contribution in [2.45, 2.75) is 25.4 Å². The zero-order valence-electron chi connectivity index (χ0n) is 16.3. The number of carbonyl (C=O) groups is 2. The lowest BCUT2D eigenvalue weighted by molar-refractivity contribution is -0.120. The van der Waals surface area contributed by atoms with Crippen molar-refractivity contribution in [3.63, 3.8) is 0 Å². The number of aldehydes is 1. The lowest BCUT2D eigenvalue weighted by Crippen LogP contribution is -2.50. The van der Waals surface area contributed by atoms with E-state index in [2.05, 4.69) is 17.2 Å². The van der Waals surface area contributed by atoms with Crippen molar-refractivity contribution < 1.29 is 9.59 Å². The molecule has 7 N–H and O–H groups in total. The molecule has 0 radical (unpaired) electrons. The van der Waals surface area contributed by atoms with Crippen LogP contribution in [0.25, 0.3) is 0 Å². The van der Waals surface area contributed by atoms with Crippen molar-refractivity contribution in [2.24, 2.45) is 17.2 Å². The van der Waals surface area contributed by atoms with Crippen molar-refractivity contribution in [3.05, 3.63) is 70.8 Å². The van der Waals surface area contributed by atoms with Crippen LogP contribution in [-0.2, 0) is 11.2 Å². The Morgan fingerprint density at radius 1 is 1.07 bits per heavy atom. The van der Waals surface area contributed by atoms with Gasteiger partial charge in [0.2, 0.25) is 5.91 Å². The topological polar surface area (TPSA) is 124 Å². The molecular formula is C22H28N4O2. The van der Waals surface area contributed by atoms with E-state index in [4.69, 9.17) is 17.2 Å². The van der Waals surface area contributed by atoms with Crippen molar-refractivity contribution in [1.29, 1.82) is 0 Å². The first-order chi connectivity index (χ1) is 13.4. The van der Waals surface area contributed by atoms with Crippen LogP contribution in [0.1, 0.15) is 34.0 Å². The third-order valence-electron chi connectivity index (χ3n) is 3.93. The monoisotopic (exact) mass is 380 g/mol. The van der Waals surface area contributed by atoms with E-state index in [1.165, 1.54) is 5.56 Å². The molecule has 0 aliphatic heterocycles. The summed E-state index contributed by atoms with van der Waals surface area (Å²) in [6, 6.07) is 14.7. The van der Waals surface area contributed by atoms with E-state index in [0.717, 1.165) is 23.8 Å². The summed E-state index contributed by atoms with van der Waals surface area (Å²) in [4.78, 5) is 21.0. The van der Waals surface area contributed by atoms with Crippen LogP contribution in [0.4, 0.5) is 0 Å². The number of nitrogens with one attached hydrogen (secondary N) is 1. The second-order valence-corrected chi connectivity index (χ2v) is 6.25.